The van der Waals surface area contributed by atoms with E-state index in [1.165, 1.54) is 12.0 Å². The predicted molar refractivity (Wildman–Crippen MR) is 67.4 cm³/mol. The Labute approximate surface area is 120 Å². The van der Waals surface area contributed by atoms with E-state index in [0.717, 1.165) is 38.0 Å². The maximum absolute atomic E-state index is 12.4. The van der Waals surface area contributed by atoms with Crippen molar-refractivity contribution in [1.82, 2.24) is 0 Å². The molecule has 1 spiro atoms. The number of allylic oxidation sites excluding steroid dienone is 1. The molecule has 0 bridgehead atoms. The van der Waals surface area contributed by atoms with Crippen LogP contribution in [0.4, 0.5) is 0 Å². The first-order chi connectivity index (χ1) is 8.10. The van der Waals surface area contributed by atoms with Gasteiger partial charge >= 0.3 is 121 Å². The summed E-state index contributed by atoms with van der Waals surface area (Å²) < 4.78 is 2.33. The van der Waals surface area contributed by atoms with Gasteiger partial charge in [-0.15, -0.1) is 0 Å². The summed E-state index contributed by atoms with van der Waals surface area (Å²) in [7, 11) is 6.07. The molecule has 3 heteroatoms. The number of hydrogen-bond acceptors (Lipinski definition) is 1. The summed E-state index contributed by atoms with van der Waals surface area (Å²) in [6.45, 7) is 4.60. The molecule has 2 aliphatic carbocycles. The zero-order valence-corrected chi connectivity index (χ0v) is 17.2. The first-order valence-corrected chi connectivity index (χ1v) is 16.8. The van der Waals surface area contributed by atoms with E-state index in [9.17, 15) is 4.79 Å². The number of halogens is 1. The predicted octanol–water partition coefficient (Wildman–Crippen LogP) is 4.30. The summed E-state index contributed by atoms with van der Waals surface area (Å²) in [5, 5.41) is 0. The molecule has 0 saturated heterocycles. The molecule has 0 unspecified atom stereocenters. The Morgan fingerprint density at radius 3 is 2.88 bits per heavy atom. The van der Waals surface area contributed by atoms with Crippen LogP contribution in [-0.4, -0.2) is 5.78 Å². The topological polar surface area (TPSA) is 17.1 Å². The Kier molecular flexibility index (Phi) is 4.74. The van der Waals surface area contributed by atoms with Gasteiger partial charge in [-0.25, -0.2) is 0 Å². The Morgan fingerprint density at radius 2 is 2.24 bits per heavy atom. The summed E-state index contributed by atoms with van der Waals surface area (Å²) in [6, 6.07) is 0. The molecule has 0 aliphatic heterocycles. The number of carbonyl (C=O) groups excluding carboxylic acids is 1. The molecule has 0 aromatic heterocycles. The second-order valence-corrected chi connectivity index (χ2v) is 11.5. The molecule has 92 valence electrons. The van der Waals surface area contributed by atoms with Crippen LogP contribution in [0, 0.1) is 17.3 Å². The van der Waals surface area contributed by atoms with Gasteiger partial charge in [-0.3, -0.25) is 0 Å². The van der Waals surface area contributed by atoms with E-state index in [-0.39, 0.29) is 5.41 Å². The monoisotopic (exact) mass is 442 g/mol. The molecule has 2 atom stereocenters. The quantitative estimate of drug-likeness (QED) is 0.584. The van der Waals surface area contributed by atoms with Gasteiger partial charge in [0.2, 0.25) is 0 Å². The van der Waals surface area contributed by atoms with Crippen molar-refractivity contribution in [1.29, 1.82) is 0 Å². The normalized spacial score (nSPS) is 35.9. The minimum atomic E-state index is -1.27. The van der Waals surface area contributed by atoms with Crippen LogP contribution in [0.3, 0.4) is 0 Å². The fraction of sp³-hybridized carbons (Fsp3) is 0.786. The number of carbonyl (C=O) groups is 1. The Balaban J connectivity index is 2.26. The molecular weight excluding hydrogens is 420 g/mol. The number of ketones is 1. The zero-order valence-electron chi connectivity index (χ0n) is 11.0. The molecule has 2 rings (SSSR count). The van der Waals surface area contributed by atoms with Gasteiger partial charge in [-0.1, -0.05) is 0 Å². The number of rotatable bonds is 2. The van der Waals surface area contributed by atoms with E-state index in [1.807, 2.05) is 0 Å². The van der Waals surface area contributed by atoms with Gasteiger partial charge in [0.05, 0.1) is 0 Å². The fourth-order valence-electron chi connectivity index (χ4n) is 3.71. The molecule has 0 amide bonds. The van der Waals surface area contributed by atoms with Crippen LogP contribution in [-0.2, 0) is 28.1 Å². The molecule has 1 nitrogen and oxygen atoms in total. The molecule has 0 N–H and O–H groups in total. The van der Waals surface area contributed by atoms with Gasteiger partial charge < -0.3 is 0 Å². The molecule has 0 heterocycles. The molecule has 2 fully saturated rings. The first-order valence-electron chi connectivity index (χ1n) is 6.89. The SMILES string of the molecule is CC(C)[C@H]1CCC(=O)[C@@]2(CCC/C2=[CH]\[Hg][Cl])C1. The summed E-state index contributed by atoms with van der Waals surface area (Å²) in [5.74, 6) is 1.97. The Bertz CT molecular complexity index is 337. The van der Waals surface area contributed by atoms with Crippen LogP contribution in [0.15, 0.2) is 9.16 Å². The summed E-state index contributed by atoms with van der Waals surface area (Å²) in [6.07, 6.45) is 6.47. The van der Waals surface area contributed by atoms with Crippen molar-refractivity contribution in [2.45, 2.75) is 52.4 Å². The van der Waals surface area contributed by atoms with Gasteiger partial charge in [0.1, 0.15) is 0 Å². The van der Waals surface area contributed by atoms with Crippen molar-refractivity contribution >= 4 is 14.0 Å². The van der Waals surface area contributed by atoms with Crippen molar-refractivity contribution in [3.63, 3.8) is 0 Å². The Morgan fingerprint density at radius 1 is 1.47 bits per heavy atom. The van der Waals surface area contributed by atoms with Crippen molar-refractivity contribution < 1.29 is 28.1 Å². The van der Waals surface area contributed by atoms with E-state index in [4.69, 9.17) is 8.25 Å². The third-order valence-corrected chi connectivity index (χ3v) is 8.69. The van der Waals surface area contributed by atoms with Crippen molar-refractivity contribution in [3.8, 4) is 0 Å². The van der Waals surface area contributed by atoms with E-state index >= 15 is 0 Å². The molecule has 0 radical (unpaired) electrons. The third-order valence-electron chi connectivity index (χ3n) is 4.82. The minimum absolute atomic E-state index is 0.0535. The third kappa shape index (κ3) is 2.65. The van der Waals surface area contributed by atoms with E-state index in [2.05, 4.69) is 17.4 Å². The molecule has 17 heavy (non-hydrogen) atoms. The van der Waals surface area contributed by atoms with Crippen LogP contribution in [0.25, 0.3) is 0 Å². The van der Waals surface area contributed by atoms with Gasteiger partial charge in [-0.05, 0) is 0 Å². The number of Topliss-reactive ketones (excluding diaryl/α,β-unsaturated/α-hetero) is 1. The summed E-state index contributed by atoms with van der Waals surface area (Å²) >= 11 is -1.27. The molecular formula is C14H21ClHgO. The van der Waals surface area contributed by atoms with Crippen LogP contribution in [0.2, 0.25) is 0 Å². The molecule has 0 aromatic carbocycles. The first kappa shape index (κ1) is 14.1. The summed E-state index contributed by atoms with van der Waals surface area (Å²) in [4.78, 5) is 12.4. The fourth-order valence-corrected chi connectivity index (χ4v) is 8.38. The van der Waals surface area contributed by atoms with Crippen molar-refractivity contribution in [2.75, 3.05) is 0 Å². The average Bonchev–Trinajstić information content (AvgIpc) is 2.67. The van der Waals surface area contributed by atoms with E-state index in [1.54, 1.807) is 0 Å². The van der Waals surface area contributed by atoms with Crippen LogP contribution in [0.1, 0.15) is 52.4 Å². The zero-order chi connectivity index (χ0) is 12.5. The van der Waals surface area contributed by atoms with Gasteiger partial charge in [0.25, 0.3) is 0 Å². The maximum atomic E-state index is 12.4. The second kappa shape index (κ2) is 5.73. The van der Waals surface area contributed by atoms with Crippen molar-refractivity contribution in [2.24, 2.45) is 17.3 Å². The van der Waals surface area contributed by atoms with Crippen LogP contribution in [0.5, 0.6) is 0 Å². The van der Waals surface area contributed by atoms with E-state index in [0.29, 0.717) is 11.7 Å². The average molecular weight is 441 g/mol. The van der Waals surface area contributed by atoms with Crippen LogP contribution >= 0.6 is 8.25 Å². The summed E-state index contributed by atoms with van der Waals surface area (Å²) in [5.41, 5.74) is 1.40. The second-order valence-electron chi connectivity index (χ2n) is 5.99. The van der Waals surface area contributed by atoms with Gasteiger partial charge in [0, 0.05) is 0 Å². The van der Waals surface area contributed by atoms with E-state index < -0.39 is 23.3 Å². The van der Waals surface area contributed by atoms with Crippen LogP contribution < -0.4 is 0 Å². The molecule has 0 aromatic rings. The molecule has 2 aliphatic rings. The van der Waals surface area contributed by atoms with Crippen molar-refractivity contribution in [3.05, 3.63) is 9.16 Å². The standard InChI is InChI=1S/C14H21O.ClH.Hg/c1-10(2)12-6-7-13(15)14(9-12)8-4-5-11(14)3;;/h3,10,12H,4-9H2,1-2H3;1H;/q;;+1/p-1/t12-,14-;;/m0../s1. The molecule has 2 saturated carbocycles. The number of hydrogen-bond donors (Lipinski definition) is 0. The van der Waals surface area contributed by atoms with Gasteiger partial charge in [0.15, 0.2) is 0 Å². The Hall–Kier alpha value is 0.635. The van der Waals surface area contributed by atoms with Gasteiger partial charge in [-0.2, -0.15) is 0 Å².